The standard InChI is InChI=1S/C14H11F6N3O3S2/c1-7(11(24)23-28(25,26)14(18,19)20)8-2-4-9(5-3-8)21-12-22-10(6-27-12)13(15,16)17/h2-7H,1H3,(H,21,22)(H,23,24). The topological polar surface area (TPSA) is 88.2 Å². The number of nitrogens with zero attached hydrogens (tertiary/aromatic N) is 1. The van der Waals surface area contributed by atoms with Gasteiger partial charge in [0.15, 0.2) is 10.8 Å². The van der Waals surface area contributed by atoms with E-state index in [1.165, 1.54) is 31.2 Å². The van der Waals surface area contributed by atoms with Crippen LogP contribution in [-0.2, 0) is 21.0 Å². The maximum absolute atomic E-state index is 12.5. The van der Waals surface area contributed by atoms with Gasteiger partial charge in [0.2, 0.25) is 5.91 Å². The van der Waals surface area contributed by atoms with Crippen LogP contribution in [0.4, 0.5) is 37.2 Å². The first-order valence-electron chi connectivity index (χ1n) is 7.23. The summed E-state index contributed by atoms with van der Waals surface area (Å²) < 4.78 is 97.4. The maximum Gasteiger partial charge on any atom is 0.516 e. The molecule has 0 radical (unpaired) electrons. The number of rotatable bonds is 5. The van der Waals surface area contributed by atoms with Crippen molar-refractivity contribution in [2.75, 3.05) is 5.32 Å². The minimum absolute atomic E-state index is 0.0397. The average Bonchev–Trinajstić information content (AvgIpc) is 3.02. The molecule has 2 N–H and O–H groups in total. The smallest absolute Gasteiger partial charge is 0.332 e. The Balaban J connectivity index is 2.07. The average molecular weight is 447 g/mol. The summed E-state index contributed by atoms with van der Waals surface area (Å²) in [5.41, 5.74) is -6.19. The SMILES string of the molecule is CC(C(=O)NS(=O)(=O)C(F)(F)F)c1ccc(Nc2nc(C(F)(F)F)cs2)cc1. The number of hydrogen-bond acceptors (Lipinski definition) is 6. The molecule has 1 amide bonds. The molecule has 1 aromatic carbocycles. The highest BCUT2D eigenvalue weighted by molar-refractivity contribution is 7.90. The fraction of sp³-hybridized carbons (Fsp3) is 0.286. The molecule has 1 unspecified atom stereocenters. The van der Waals surface area contributed by atoms with Gasteiger partial charge in [-0.2, -0.15) is 34.8 Å². The van der Waals surface area contributed by atoms with Crippen molar-refractivity contribution in [3.63, 3.8) is 0 Å². The molecule has 14 heteroatoms. The Morgan fingerprint density at radius 3 is 2.14 bits per heavy atom. The number of carbonyl (C=O) groups is 1. The van der Waals surface area contributed by atoms with Crippen LogP contribution in [-0.4, -0.2) is 24.8 Å². The van der Waals surface area contributed by atoms with E-state index in [-0.39, 0.29) is 10.7 Å². The number of thiazole rings is 1. The summed E-state index contributed by atoms with van der Waals surface area (Å²) in [6.07, 6.45) is -4.58. The van der Waals surface area contributed by atoms with Gasteiger partial charge in [-0.15, -0.1) is 11.3 Å². The molecule has 1 heterocycles. The van der Waals surface area contributed by atoms with Gasteiger partial charge in [0.25, 0.3) is 0 Å². The minimum Gasteiger partial charge on any atom is -0.332 e. The van der Waals surface area contributed by atoms with Crippen molar-refractivity contribution in [3.8, 4) is 0 Å². The molecule has 0 aliphatic carbocycles. The summed E-state index contributed by atoms with van der Waals surface area (Å²) in [7, 11) is -5.82. The number of nitrogens with one attached hydrogen (secondary N) is 2. The van der Waals surface area contributed by atoms with E-state index in [9.17, 15) is 39.6 Å². The van der Waals surface area contributed by atoms with E-state index in [4.69, 9.17) is 0 Å². The molecule has 1 atom stereocenters. The number of amides is 1. The van der Waals surface area contributed by atoms with Crippen LogP contribution in [0.25, 0.3) is 0 Å². The molecule has 28 heavy (non-hydrogen) atoms. The Kier molecular flexibility index (Phi) is 5.94. The fourth-order valence-corrected chi connectivity index (χ4v) is 3.16. The lowest BCUT2D eigenvalue weighted by Crippen LogP contribution is -2.41. The Labute approximate surface area is 158 Å². The van der Waals surface area contributed by atoms with E-state index >= 15 is 0 Å². The lowest BCUT2D eigenvalue weighted by atomic mass is 10.0. The monoisotopic (exact) mass is 447 g/mol. The number of benzene rings is 1. The second-order valence-electron chi connectivity index (χ2n) is 5.42. The minimum atomic E-state index is -5.82. The number of carbonyl (C=O) groups excluding carboxylic acids is 1. The number of anilines is 2. The number of sulfonamides is 1. The molecule has 0 saturated carbocycles. The highest BCUT2D eigenvalue weighted by Gasteiger charge is 2.47. The third-order valence-corrected chi connectivity index (χ3v) is 5.23. The Morgan fingerprint density at radius 2 is 1.68 bits per heavy atom. The van der Waals surface area contributed by atoms with Crippen LogP contribution >= 0.6 is 11.3 Å². The van der Waals surface area contributed by atoms with E-state index in [1.807, 2.05) is 0 Å². The molecule has 0 bridgehead atoms. The van der Waals surface area contributed by atoms with Crippen molar-refractivity contribution >= 4 is 38.1 Å². The van der Waals surface area contributed by atoms with Gasteiger partial charge < -0.3 is 5.32 Å². The van der Waals surface area contributed by atoms with Crippen LogP contribution in [0.1, 0.15) is 24.1 Å². The van der Waals surface area contributed by atoms with Gasteiger partial charge in [0.1, 0.15) is 0 Å². The highest BCUT2D eigenvalue weighted by Crippen LogP contribution is 2.32. The Bertz CT molecular complexity index is 952. The lowest BCUT2D eigenvalue weighted by molar-refractivity contribution is -0.140. The molecule has 0 aliphatic heterocycles. The largest absolute Gasteiger partial charge is 0.516 e. The van der Waals surface area contributed by atoms with Crippen LogP contribution in [0, 0.1) is 0 Å². The van der Waals surface area contributed by atoms with Crippen molar-refractivity contribution in [2.24, 2.45) is 0 Å². The van der Waals surface area contributed by atoms with E-state index in [1.54, 1.807) is 0 Å². The number of halogens is 6. The molecule has 0 aliphatic rings. The second kappa shape index (κ2) is 7.58. The normalized spacial score (nSPS) is 13.8. The molecular formula is C14H11F6N3O3S2. The Morgan fingerprint density at radius 1 is 1.11 bits per heavy atom. The van der Waals surface area contributed by atoms with Crippen LogP contribution in [0.3, 0.4) is 0 Å². The first kappa shape index (κ1) is 21.9. The lowest BCUT2D eigenvalue weighted by Gasteiger charge is -2.14. The fourth-order valence-electron chi connectivity index (χ4n) is 1.87. The number of aromatic nitrogens is 1. The molecule has 6 nitrogen and oxygen atoms in total. The number of hydrogen-bond donors (Lipinski definition) is 2. The van der Waals surface area contributed by atoms with E-state index in [0.717, 1.165) is 10.1 Å². The van der Waals surface area contributed by atoms with Crippen molar-refractivity contribution in [1.82, 2.24) is 9.71 Å². The van der Waals surface area contributed by atoms with Crippen LogP contribution in [0.15, 0.2) is 29.6 Å². The third-order valence-electron chi connectivity index (χ3n) is 3.39. The summed E-state index contributed by atoms with van der Waals surface area (Å²) in [5, 5.41) is 3.40. The van der Waals surface area contributed by atoms with Gasteiger partial charge in [-0.05, 0) is 24.6 Å². The number of alkyl halides is 6. The Hall–Kier alpha value is -2.35. The van der Waals surface area contributed by atoms with Crippen LogP contribution in [0.2, 0.25) is 0 Å². The zero-order chi connectivity index (χ0) is 21.3. The van der Waals surface area contributed by atoms with Gasteiger partial charge in [0.05, 0.1) is 5.92 Å². The second-order valence-corrected chi connectivity index (χ2v) is 7.95. The molecular weight excluding hydrogens is 436 g/mol. The van der Waals surface area contributed by atoms with E-state index < -0.39 is 39.2 Å². The molecule has 0 saturated heterocycles. The predicted molar refractivity (Wildman–Crippen MR) is 88.4 cm³/mol. The molecule has 2 rings (SSSR count). The van der Waals surface area contributed by atoms with Crippen LogP contribution in [0.5, 0.6) is 0 Å². The third kappa shape index (κ3) is 5.13. The predicted octanol–water partition coefficient (Wildman–Crippen LogP) is 3.97. The van der Waals surface area contributed by atoms with Crippen molar-refractivity contribution in [3.05, 3.63) is 40.9 Å². The van der Waals surface area contributed by atoms with Gasteiger partial charge >= 0.3 is 21.7 Å². The van der Waals surface area contributed by atoms with Gasteiger partial charge in [-0.1, -0.05) is 12.1 Å². The van der Waals surface area contributed by atoms with E-state index in [2.05, 4.69) is 10.3 Å². The summed E-state index contributed by atoms with van der Waals surface area (Å²) in [4.78, 5) is 15.1. The van der Waals surface area contributed by atoms with Gasteiger partial charge in [-0.25, -0.2) is 9.71 Å². The van der Waals surface area contributed by atoms with Crippen molar-refractivity contribution < 1.29 is 39.6 Å². The van der Waals surface area contributed by atoms with Gasteiger partial charge in [0, 0.05) is 11.1 Å². The molecule has 0 fully saturated rings. The summed E-state index contributed by atoms with van der Waals surface area (Å²) >= 11 is 0.716. The summed E-state index contributed by atoms with van der Waals surface area (Å²) in [6, 6.07) is 5.33. The van der Waals surface area contributed by atoms with Crippen LogP contribution < -0.4 is 10.0 Å². The van der Waals surface area contributed by atoms with Crippen molar-refractivity contribution in [1.29, 1.82) is 0 Å². The molecule has 2 aromatic rings. The summed E-state index contributed by atoms with van der Waals surface area (Å²) in [5.74, 6) is -2.62. The van der Waals surface area contributed by atoms with Crippen molar-refractivity contribution in [2.45, 2.75) is 24.5 Å². The quantitative estimate of drug-likeness (QED) is 0.678. The van der Waals surface area contributed by atoms with Gasteiger partial charge in [-0.3, -0.25) is 4.79 Å². The zero-order valence-corrected chi connectivity index (χ0v) is 15.4. The first-order valence-corrected chi connectivity index (χ1v) is 9.59. The van der Waals surface area contributed by atoms with E-state index in [0.29, 0.717) is 17.0 Å². The summed E-state index contributed by atoms with van der Waals surface area (Å²) in [6.45, 7) is 1.19. The maximum atomic E-state index is 12.5. The first-order chi connectivity index (χ1) is 12.7. The zero-order valence-electron chi connectivity index (χ0n) is 13.7. The molecule has 154 valence electrons. The molecule has 1 aromatic heterocycles. The highest BCUT2D eigenvalue weighted by atomic mass is 32.2. The molecule has 0 spiro atoms.